The van der Waals surface area contributed by atoms with Gasteiger partial charge in [0, 0.05) is 0 Å². The summed E-state index contributed by atoms with van der Waals surface area (Å²) in [5.41, 5.74) is 0. The molecule has 0 saturated heterocycles. The third kappa shape index (κ3) is 1720. The van der Waals surface area contributed by atoms with Gasteiger partial charge < -0.3 is 12.0 Å². The van der Waals surface area contributed by atoms with Crippen LogP contribution in [-0.2, 0) is 30.8 Å². The summed E-state index contributed by atoms with van der Waals surface area (Å²) in [5.74, 6) is 0. The van der Waals surface area contributed by atoms with Gasteiger partial charge in [0.25, 0.3) is 0 Å². The Morgan fingerprint density at radius 1 is 1.22 bits per heavy atom. The molecule has 0 saturated carbocycles. The van der Waals surface area contributed by atoms with Crippen LogP contribution in [0, 0.1) is 7.43 Å². The van der Waals surface area contributed by atoms with E-state index in [2.05, 4.69) is 0 Å². The SMILES string of the molecule is O=S(=O)([O-])O.OO.[CH3-].[Pd+2]. The second-order valence-corrected chi connectivity index (χ2v) is 1.28. The number of hydrogen-bond acceptors (Lipinski definition) is 5. The smallest absolute Gasteiger partial charge is 0.726 e. The van der Waals surface area contributed by atoms with E-state index in [4.69, 9.17) is 28.0 Å². The summed E-state index contributed by atoms with van der Waals surface area (Å²) >= 11 is 0. The minimum absolute atomic E-state index is 0. The fraction of sp³-hybridized carbons (Fsp3) is 0. The van der Waals surface area contributed by atoms with Crippen molar-refractivity contribution in [1.82, 2.24) is 0 Å². The average Bonchev–Trinajstić information content (AvgIpc) is 1.36. The van der Waals surface area contributed by atoms with Crippen molar-refractivity contribution in [2.24, 2.45) is 0 Å². The first-order valence-electron chi connectivity index (χ1n) is 0.883. The van der Waals surface area contributed by atoms with Gasteiger partial charge in [-0.2, -0.15) is 0 Å². The fourth-order valence-corrected chi connectivity index (χ4v) is 0. The zero-order chi connectivity index (χ0) is 6.50. The third-order valence-corrected chi connectivity index (χ3v) is 0. The second kappa shape index (κ2) is 11.3. The normalized spacial score (nSPS) is 7.11. The molecule has 62 valence electrons. The summed E-state index contributed by atoms with van der Waals surface area (Å²) in [4.78, 5) is 0. The molecule has 0 radical (unpaired) electrons. The second-order valence-electron chi connectivity index (χ2n) is 0.428. The molecule has 0 aromatic heterocycles. The molecular weight excluding hydrogens is 246 g/mol. The maximum Gasteiger partial charge on any atom is 2.00 e. The first-order chi connectivity index (χ1) is 3.00. The van der Waals surface area contributed by atoms with Gasteiger partial charge in [0.05, 0.1) is 0 Å². The van der Waals surface area contributed by atoms with Gasteiger partial charge in [-0.05, 0) is 0 Å². The summed E-state index contributed by atoms with van der Waals surface area (Å²) in [6.07, 6.45) is 0. The maximum absolute atomic E-state index is 8.63. The van der Waals surface area contributed by atoms with E-state index in [1.165, 1.54) is 0 Å². The Morgan fingerprint density at radius 2 is 1.22 bits per heavy atom. The van der Waals surface area contributed by atoms with Crippen LogP contribution in [-0.4, -0.2) is 28.0 Å². The Morgan fingerprint density at radius 3 is 1.22 bits per heavy atom. The largest absolute Gasteiger partial charge is 2.00 e. The molecule has 0 aromatic carbocycles. The van der Waals surface area contributed by atoms with Gasteiger partial charge >= 0.3 is 20.4 Å². The van der Waals surface area contributed by atoms with Gasteiger partial charge in [0.2, 0.25) is 10.4 Å². The van der Waals surface area contributed by atoms with Gasteiger partial charge in [-0.1, -0.05) is 0 Å². The topological polar surface area (TPSA) is 118 Å². The molecule has 0 spiro atoms. The summed E-state index contributed by atoms with van der Waals surface area (Å²) in [6, 6.07) is 0. The van der Waals surface area contributed by atoms with Crippen molar-refractivity contribution >= 4 is 10.4 Å². The van der Waals surface area contributed by atoms with Crippen LogP contribution >= 0.6 is 0 Å². The molecular formula is CH6O6PdS. The minimum atomic E-state index is -4.92. The summed E-state index contributed by atoms with van der Waals surface area (Å²) in [6.45, 7) is 0. The van der Waals surface area contributed by atoms with Crippen LogP contribution in [0.3, 0.4) is 0 Å². The Balaban J connectivity index is -0.0000000286. The van der Waals surface area contributed by atoms with Crippen LogP contribution in [0.15, 0.2) is 0 Å². The summed E-state index contributed by atoms with van der Waals surface area (Å²) in [5, 5.41) is 12.0. The fourth-order valence-electron chi connectivity index (χ4n) is 0. The van der Waals surface area contributed by atoms with E-state index in [1.807, 2.05) is 0 Å². The van der Waals surface area contributed by atoms with E-state index in [9.17, 15) is 0 Å². The van der Waals surface area contributed by atoms with Gasteiger partial charge in [0.1, 0.15) is 0 Å². The third-order valence-electron chi connectivity index (χ3n) is 0. The molecule has 3 N–H and O–H groups in total. The van der Waals surface area contributed by atoms with Crippen LogP contribution < -0.4 is 0 Å². The molecule has 0 aromatic rings. The summed E-state index contributed by atoms with van der Waals surface area (Å²) in [7, 11) is -4.92. The molecule has 6 nitrogen and oxygen atoms in total. The molecule has 0 aliphatic heterocycles. The van der Waals surface area contributed by atoms with Crippen LogP contribution in [0.25, 0.3) is 0 Å². The van der Waals surface area contributed by atoms with E-state index in [1.54, 1.807) is 0 Å². The molecule has 0 aliphatic rings. The van der Waals surface area contributed by atoms with Crippen molar-refractivity contribution in [3.05, 3.63) is 7.43 Å². The van der Waals surface area contributed by atoms with Crippen molar-refractivity contribution in [1.29, 1.82) is 0 Å². The van der Waals surface area contributed by atoms with Crippen molar-refractivity contribution in [2.75, 3.05) is 0 Å². The molecule has 9 heavy (non-hydrogen) atoms. The zero-order valence-electron chi connectivity index (χ0n) is 4.29. The predicted molar refractivity (Wildman–Crippen MR) is 24.0 cm³/mol. The standard InChI is InChI=1S/CH3.H2O4S.H2O2.Pd/c;1-5(2,3)4;1-2;/h1H3;(H2,1,2,3,4);1-2H;/q-1;;;+2/p-1. The summed E-state index contributed by atoms with van der Waals surface area (Å²) < 4.78 is 32.8. The maximum atomic E-state index is 8.63. The molecule has 8 heteroatoms. The minimum Gasteiger partial charge on any atom is -0.726 e. The van der Waals surface area contributed by atoms with Gasteiger partial charge in [0.15, 0.2) is 0 Å². The molecule has 0 atom stereocenters. The van der Waals surface area contributed by atoms with Crippen LogP contribution in [0.1, 0.15) is 0 Å². The quantitative estimate of drug-likeness (QED) is 0.133. The Hall–Kier alpha value is 0.452. The van der Waals surface area contributed by atoms with Gasteiger partial charge in [-0.3, -0.25) is 15.1 Å². The van der Waals surface area contributed by atoms with Gasteiger partial charge in [-0.25, -0.2) is 8.42 Å². The van der Waals surface area contributed by atoms with Crippen LogP contribution in [0.2, 0.25) is 0 Å². The van der Waals surface area contributed by atoms with Crippen molar-refractivity contribution in [3.63, 3.8) is 0 Å². The molecule has 0 unspecified atom stereocenters. The molecule has 0 aliphatic carbocycles. The van der Waals surface area contributed by atoms with E-state index in [0.717, 1.165) is 0 Å². The first kappa shape index (κ1) is 22.7. The number of rotatable bonds is 0. The monoisotopic (exact) mass is 252 g/mol. The van der Waals surface area contributed by atoms with Crippen molar-refractivity contribution < 1.29 is 48.5 Å². The molecule has 0 fully saturated rings. The van der Waals surface area contributed by atoms with Gasteiger partial charge in [-0.15, -0.1) is 0 Å². The molecule has 0 rings (SSSR count). The Kier molecular flexibility index (Phi) is 28.5. The van der Waals surface area contributed by atoms with E-state index in [-0.39, 0.29) is 27.8 Å². The predicted octanol–water partition coefficient (Wildman–Crippen LogP) is -0.530. The Bertz CT molecular complexity index is 96.2. The molecule has 0 heterocycles. The van der Waals surface area contributed by atoms with Crippen LogP contribution in [0.4, 0.5) is 0 Å². The molecule has 0 amide bonds. The van der Waals surface area contributed by atoms with E-state index >= 15 is 0 Å². The van der Waals surface area contributed by atoms with Crippen molar-refractivity contribution in [2.45, 2.75) is 0 Å². The Labute approximate surface area is 66.7 Å². The number of hydrogen-bond donors (Lipinski definition) is 3. The van der Waals surface area contributed by atoms with Crippen molar-refractivity contribution in [3.8, 4) is 0 Å². The average molecular weight is 253 g/mol. The van der Waals surface area contributed by atoms with Crippen LogP contribution in [0.5, 0.6) is 0 Å². The first-order valence-corrected chi connectivity index (χ1v) is 2.25. The zero-order valence-corrected chi connectivity index (χ0v) is 6.66. The van der Waals surface area contributed by atoms with E-state index in [0.29, 0.717) is 0 Å². The molecule has 0 bridgehead atoms. The van der Waals surface area contributed by atoms with E-state index < -0.39 is 10.4 Å².